The number of allylic oxidation sites excluding steroid dienone is 1. The number of nitrogens with one attached hydrogen (secondary N) is 1. The van der Waals surface area contributed by atoms with Crippen LogP contribution >= 0.6 is 11.8 Å². The standard InChI is InChI=1S/C13H15N3O4S/c17-11(8-1-5-20-7-8)14-3-4-16-12(18)10-9(2-6-21-10)15-13(16)19/h2,6,8,10H,1,3-5,7H2,(H,14,17). The van der Waals surface area contributed by atoms with E-state index in [0.717, 1.165) is 4.90 Å². The Morgan fingerprint density at radius 2 is 2.38 bits per heavy atom. The second-order valence-electron chi connectivity index (χ2n) is 4.98. The second-order valence-corrected chi connectivity index (χ2v) is 6.00. The first kappa shape index (κ1) is 14.3. The van der Waals surface area contributed by atoms with Crippen molar-refractivity contribution in [2.45, 2.75) is 11.7 Å². The maximum Gasteiger partial charge on any atom is 0.350 e. The largest absolute Gasteiger partial charge is 0.381 e. The number of imide groups is 1. The summed E-state index contributed by atoms with van der Waals surface area (Å²) in [5.41, 5.74) is 0.512. The van der Waals surface area contributed by atoms with Crippen LogP contribution in [0.3, 0.4) is 0 Å². The quantitative estimate of drug-likeness (QED) is 0.800. The van der Waals surface area contributed by atoms with Gasteiger partial charge >= 0.3 is 6.03 Å². The van der Waals surface area contributed by atoms with Gasteiger partial charge in [0.2, 0.25) is 11.8 Å². The van der Waals surface area contributed by atoms with E-state index >= 15 is 0 Å². The number of rotatable bonds is 4. The fourth-order valence-electron chi connectivity index (χ4n) is 2.41. The summed E-state index contributed by atoms with van der Waals surface area (Å²) < 4.78 is 5.15. The number of carbonyl (C=O) groups is 3. The van der Waals surface area contributed by atoms with Gasteiger partial charge in [0, 0.05) is 19.7 Å². The summed E-state index contributed by atoms with van der Waals surface area (Å²) in [6, 6.07) is -0.558. The molecule has 3 aliphatic rings. The van der Waals surface area contributed by atoms with E-state index in [-0.39, 0.29) is 30.8 Å². The average molecular weight is 309 g/mol. The number of urea groups is 1. The monoisotopic (exact) mass is 309 g/mol. The van der Waals surface area contributed by atoms with Gasteiger partial charge in [0.15, 0.2) is 0 Å². The molecule has 0 aromatic carbocycles. The Morgan fingerprint density at radius 3 is 3.14 bits per heavy atom. The van der Waals surface area contributed by atoms with Crippen LogP contribution in [0.2, 0.25) is 0 Å². The van der Waals surface area contributed by atoms with E-state index in [1.807, 2.05) is 0 Å². The van der Waals surface area contributed by atoms with Crippen LogP contribution in [0.15, 0.2) is 16.5 Å². The van der Waals surface area contributed by atoms with Crippen LogP contribution in [0, 0.1) is 5.92 Å². The first-order valence-corrected chi connectivity index (χ1v) is 7.72. The van der Waals surface area contributed by atoms with Crippen LogP contribution in [0.4, 0.5) is 4.79 Å². The zero-order valence-corrected chi connectivity index (χ0v) is 12.1. The highest BCUT2D eigenvalue weighted by molar-refractivity contribution is 8.04. The van der Waals surface area contributed by atoms with E-state index < -0.39 is 11.3 Å². The van der Waals surface area contributed by atoms with Gasteiger partial charge in [-0.15, -0.1) is 11.8 Å². The number of carbonyl (C=O) groups excluding carboxylic acids is 3. The minimum Gasteiger partial charge on any atom is -0.381 e. The molecule has 0 spiro atoms. The Kier molecular flexibility index (Phi) is 4.07. The summed E-state index contributed by atoms with van der Waals surface area (Å²) in [7, 11) is 0. The molecule has 2 atom stereocenters. The summed E-state index contributed by atoms with van der Waals surface area (Å²) in [5, 5.41) is 4.09. The molecule has 0 bridgehead atoms. The predicted molar refractivity (Wildman–Crippen MR) is 77.0 cm³/mol. The molecule has 21 heavy (non-hydrogen) atoms. The summed E-state index contributed by atoms with van der Waals surface area (Å²) in [6.07, 6.45) is 2.40. The lowest BCUT2D eigenvalue weighted by atomic mass is 10.1. The maximum atomic E-state index is 12.2. The van der Waals surface area contributed by atoms with Crippen LogP contribution in [-0.2, 0) is 14.3 Å². The van der Waals surface area contributed by atoms with Crippen LogP contribution in [0.25, 0.3) is 0 Å². The van der Waals surface area contributed by atoms with Gasteiger partial charge in [-0.05, 0) is 17.9 Å². The van der Waals surface area contributed by atoms with Crippen molar-refractivity contribution in [1.29, 1.82) is 0 Å². The van der Waals surface area contributed by atoms with E-state index in [2.05, 4.69) is 10.3 Å². The van der Waals surface area contributed by atoms with Gasteiger partial charge in [-0.25, -0.2) is 4.79 Å². The molecule has 0 aromatic heterocycles. The fraction of sp³-hybridized carbons (Fsp3) is 0.538. The Labute approximate surface area is 125 Å². The van der Waals surface area contributed by atoms with Crippen molar-refractivity contribution in [3.05, 3.63) is 11.5 Å². The SMILES string of the molecule is O=C(NCCN1C(=O)N=C2C=CSC2C1=O)C1CCOC1. The topological polar surface area (TPSA) is 88.1 Å². The van der Waals surface area contributed by atoms with Gasteiger partial charge in [0.25, 0.3) is 0 Å². The fourth-order valence-corrected chi connectivity index (χ4v) is 3.30. The first-order chi connectivity index (χ1) is 10.2. The molecule has 3 aliphatic heterocycles. The van der Waals surface area contributed by atoms with Gasteiger partial charge in [-0.3, -0.25) is 14.5 Å². The lowest BCUT2D eigenvalue weighted by Gasteiger charge is -2.26. The normalized spacial score (nSPS) is 27.8. The molecule has 0 aromatic rings. The lowest BCUT2D eigenvalue weighted by molar-refractivity contribution is -0.128. The Bertz CT molecular complexity index is 540. The van der Waals surface area contributed by atoms with Gasteiger partial charge in [0.1, 0.15) is 5.25 Å². The van der Waals surface area contributed by atoms with Crippen LogP contribution < -0.4 is 5.32 Å². The minimum atomic E-state index is -0.558. The van der Waals surface area contributed by atoms with Crippen molar-refractivity contribution in [2.24, 2.45) is 10.9 Å². The number of aliphatic imine (C=N–C) groups is 1. The summed E-state index contributed by atoms with van der Waals surface area (Å²) >= 11 is 1.34. The zero-order chi connectivity index (χ0) is 14.8. The minimum absolute atomic E-state index is 0.0921. The molecule has 2 unspecified atom stereocenters. The molecule has 3 rings (SSSR count). The van der Waals surface area contributed by atoms with E-state index in [9.17, 15) is 14.4 Å². The summed E-state index contributed by atoms with van der Waals surface area (Å²) in [4.78, 5) is 40.8. The number of hydrogen-bond acceptors (Lipinski definition) is 5. The molecule has 4 amide bonds. The summed E-state index contributed by atoms with van der Waals surface area (Å²) in [6.45, 7) is 1.42. The molecule has 7 nitrogen and oxygen atoms in total. The number of ether oxygens (including phenoxy) is 1. The number of amides is 4. The third-order valence-corrected chi connectivity index (χ3v) is 4.61. The molecule has 0 radical (unpaired) electrons. The number of nitrogens with zero attached hydrogens (tertiary/aromatic N) is 2. The van der Waals surface area contributed by atoms with E-state index in [0.29, 0.717) is 25.3 Å². The lowest BCUT2D eigenvalue weighted by Crippen LogP contribution is -2.49. The highest BCUT2D eigenvalue weighted by Crippen LogP contribution is 2.27. The van der Waals surface area contributed by atoms with Crippen LogP contribution in [0.1, 0.15) is 6.42 Å². The maximum absolute atomic E-state index is 12.2. The summed E-state index contributed by atoms with van der Waals surface area (Å²) in [5.74, 6) is -0.485. The predicted octanol–water partition coefficient (Wildman–Crippen LogP) is 0.171. The molecule has 0 saturated carbocycles. The van der Waals surface area contributed by atoms with Crippen molar-refractivity contribution < 1.29 is 19.1 Å². The van der Waals surface area contributed by atoms with Crippen molar-refractivity contribution in [2.75, 3.05) is 26.3 Å². The third-order valence-electron chi connectivity index (χ3n) is 3.60. The molecule has 0 aliphatic carbocycles. The molecular formula is C13H15N3O4S. The average Bonchev–Trinajstić information content (AvgIpc) is 3.12. The van der Waals surface area contributed by atoms with Gasteiger partial charge < -0.3 is 10.1 Å². The van der Waals surface area contributed by atoms with Gasteiger partial charge in [-0.1, -0.05) is 0 Å². The number of fused-ring (bicyclic) bond motifs is 1. The smallest absolute Gasteiger partial charge is 0.350 e. The molecule has 1 fully saturated rings. The van der Waals surface area contributed by atoms with Crippen LogP contribution in [0.5, 0.6) is 0 Å². The van der Waals surface area contributed by atoms with Crippen molar-refractivity contribution in [3.8, 4) is 0 Å². The zero-order valence-electron chi connectivity index (χ0n) is 11.3. The van der Waals surface area contributed by atoms with Gasteiger partial charge in [0.05, 0.1) is 18.2 Å². The third kappa shape index (κ3) is 2.86. The highest BCUT2D eigenvalue weighted by Gasteiger charge is 2.38. The van der Waals surface area contributed by atoms with Crippen molar-refractivity contribution in [1.82, 2.24) is 10.2 Å². The van der Waals surface area contributed by atoms with Crippen molar-refractivity contribution in [3.63, 3.8) is 0 Å². The Morgan fingerprint density at radius 1 is 1.52 bits per heavy atom. The van der Waals surface area contributed by atoms with E-state index in [1.165, 1.54) is 11.8 Å². The van der Waals surface area contributed by atoms with Crippen molar-refractivity contribution >= 4 is 35.3 Å². The molecule has 3 heterocycles. The molecular weight excluding hydrogens is 294 g/mol. The molecule has 8 heteroatoms. The first-order valence-electron chi connectivity index (χ1n) is 6.78. The molecule has 1 N–H and O–H groups in total. The van der Waals surface area contributed by atoms with E-state index in [1.54, 1.807) is 11.5 Å². The van der Waals surface area contributed by atoms with Crippen LogP contribution in [-0.4, -0.2) is 60.0 Å². The number of thioether (sulfide) groups is 1. The molecule has 1 saturated heterocycles. The second kappa shape index (κ2) is 5.98. The Balaban J connectivity index is 1.52. The Hall–Kier alpha value is -1.67. The highest BCUT2D eigenvalue weighted by atomic mass is 32.2. The van der Waals surface area contributed by atoms with E-state index in [4.69, 9.17) is 4.74 Å². The number of hydrogen-bond donors (Lipinski definition) is 1. The van der Waals surface area contributed by atoms with Gasteiger partial charge in [-0.2, -0.15) is 4.99 Å². The molecule has 112 valence electrons.